The Balaban J connectivity index is 2.12. The summed E-state index contributed by atoms with van der Waals surface area (Å²) in [5.74, 6) is 0. The summed E-state index contributed by atoms with van der Waals surface area (Å²) in [6, 6.07) is 13.6. The minimum absolute atomic E-state index is 0.306. The Kier molecular flexibility index (Phi) is 4.44. The molecule has 0 aliphatic rings. The molecule has 0 aliphatic carbocycles. The summed E-state index contributed by atoms with van der Waals surface area (Å²) in [6.07, 6.45) is 2.90. The van der Waals surface area contributed by atoms with E-state index < -0.39 is 0 Å². The number of aromatic nitrogens is 1. The first kappa shape index (κ1) is 13.7. The van der Waals surface area contributed by atoms with Gasteiger partial charge in [-0.05, 0) is 11.6 Å². The van der Waals surface area contributed by atoms with Gasteiger partial charge in [-0.3, -0.25) is 24.6 Å². The molecule has 2 amide bonds. The average molecular weight is 269 g/mol. The Morgan fingerprint density at radius 3 is 2.35 bits per heavy atom. The van der Waals surface area contributed by atoms with Crippen molar-refractivity contribution >= 4 is 12.8 Å². The van der Waals surface area contributed by atoms with Crippen LogP contribution in [0.5, 0.6) is 0 Å². The van der Waals surface area contributed by atoms with Crippen LogP contribution in [-0.2, 0) is 16.1 Å². The molecule has 102 valence electrons. The topological polar surface area (TPSA) is 53.5 Å². The van der Waals surface area contributed by atoms with Crippen LogP contribution in [0.3, 0.4) is 0 Å². The number of carbonyl (C=O) groups excluding carboxylic acids is 2. The number of pyridine rings is 1. The molecule has 0 spiro atoms. The molecule has 0 bridgehead atoms. The third-order valence-electron chi connectivity index (χ3n) is 2.92. The number of carbonyl (C=O) groups is 2. The molecule has 2 aromatic rings. The van der Waals surface area contributed by atoms with E-state index in [1.807, 2.05) is 42.5 Å². The van der Waals surface area contributed by atoms with Gasteiger partial charge in [0.05, 0.1) is 12.2 Å². The fraction of sp³-hybridized carbons (Fsp3) is 0.133. The fourth-order valence-electron chi connectivity index (χ4n) is 1.77. The van der Waals surface area contributed by atoms with Crippen LogP contribution in [0.4, 0.5) is 0 Å². The minimum atomic E-state index is 0.306. The van der Waals surface area contributed by atoms with Crippen LogP contribution < -0.4 is 0 Å². The number of hydrazine groups is 1. The van der Waals surface area contributed by atoms with Gasteiger partial charge in [0.2, 0.25) is 12.8 Å². The van der Waals surface area contributed by atoms with Crippen molar-refractivity contribution in [1.29, 1.82) is 0 Å². The van der Waals surface area contributed by atoms with E-state index in [2.05, 4.69) is 4.98 Å². The molecule has 5 nitrogen and oxygen atoms in total. The molecule has 0 N–H and O–H groups in total. The zero-order valence-electron chi connectivity index (χ0n) is 11.1. The zero-order valence-corrected chi connectivity index (χ0v) is 11.1. The number of amides is 2. The zero-order chi connectivity index (χ0) is 14.4. The average Bonchev–Trinajstić information content (AvgIpc) is 2.53. The molecule has 0 atom stereocenters. The first-order valence-corrected chi connectivity index (χ1v) is 6.15. The number of rotatable bonds is 6. The molecule has 0 radical (unpaired) electrons. The van der Waals surface area contributed by atoms with E-state index in [-0.39, 0.29) is 0 Å². The molecule has 1 aromatic carbocycles. The van der Waals surface area contributed by atoms with Crippen LogP contribution in [0.25, 0.3) is 11.3 Å². The molecular formula is C15H15N3O2. The Morgan fingerprint density at radius 2 is 1.80 bits per heavy atom. The first-order valence-electron chi connectivity index (χ1n) is 6.15. The van der Waals surface area contributed by atoms with Gasteiger partial charge in [-0.15, -0.1) is 0 Å². The molecule has 0 fully saturated rings. The van der Waals surface area contributed by atoms with Gasteiger partial charge in [-0.2, -0.15) is 0 Å². The molecule has 0 saturated carbocycles. The van der Waals surface area contributed by atoms with Crippen LogP contribution in [-0.4, -0.2) is 34.9 Å². The molecule has 20 heavy (non-hydrogen) atoms. The Labute approximate surface area is 117 Å². The summed E-state index contributed by atoms with van der Waals surface area (Å²) in [7, 11) is 1.52. The molecule has 2 rings (SSSR count). The second kappa shape index (κ2) is 6.47. The highest BCUT2D eigenvalue weighted by atomic mass is 16.2. The van der Waals surface area contributed by atoms with E-state index in [1.165, 1.54) is 17.1 Å². The van der Waals surface area contributed by atoms with Crippen LogP contribution in [0, 0.1) is 0 Å². The number of benzene rings is 1. The molecule has 5 heteroatoms. The van der Waals surface area contributed by atoms with E-state index in [0.29, 0.717) is 19.4 Å². The van der Waals surface area contributed by atoms with Gasteiger partial charge in [0, 0.05) is 18.8 Å². The number of hydrogen-bond acceptors (Lipinski definition) is 3. The summed E-state index contributed by atoms with van der Waals surface area (Å²) >= 11 is 0. The molecule has 1 aromatic heterocycles. The second-order valence-electron chi connectivity index (χ2n) is 4.30. The van der Waals surface area contributed by atoms with Crippen LogP contribution in [0.1, 0.15) is 5.56 Å². The van der Waals surface area contributed by atoms with Gasteiger partial charge in [0.15, 0.2) is 0 Å². The monoisotopic (exact) mass is 269 g/mol. The second-order valence-corrected chi connectivity index (χ2v) is 4.30. The molecule has 0 saturated heterocycles. The number of nitrogens with zero attached hydrogens (tertiary/aromatic N) is 3. The first-order chi connectivity index (χ1) is 9.74. The number of hydrogen-bond donors (Lipinski definition) is 0. The highest BCUT2D eigenvalue weighted by Crippen LogP contribution is 2.16. The molecular weight excluding hydrogens is 254 g/mol. The highest BCUT2D eigenvalue weighted by molar-refractivity contribution is 5.59. The minimum Gasteiger partial charge on any atom is -0.277 e. The Morgan fingerprint density at radius 1 is 1.05 bits per heavy atom. The lowest BCUT2D eigenvalue weighted by atomic mass is 10.1. The van der Waals surface area contributed by atoms with E-state index >= 15 is 0 Å². The summed E-state index contributed by atoms with van der Waals surface area (Å²) < 4.78 is 0. The van der Waals surface area contributed by atoms with Gasteiger partial charge >= 0.3 is 0 Å². The fourth-order valence-corrected chi connectivity index (χ4v) is 1.77. The van der Waals surface area contributed by atoms with E-state index in [4.69, 9.17) is 0 Å². The van der Waals surface area contributed by atoms with Crippen molar-refractivity contribution in [3.63, 3.8) is 0 Å². The van der Waals surface area contributed by atoms with Crippen molar-refractivity contribution in [3.8, 4) is 11.3 Å². The predicted molar refractivity (Wildman–Crippen MR) is 75.1 cm³/mol. The van der Waals surface area contributed by atoms with Crippen molar-refractivity contribution < 1.29 is 9.59 Å². The maximum Gasteiger partial charge on any atom is 0.228 e. The van der Waals surface area contributed by atoms with Gasteiger partial charge in [0.1, 0.15) is 0 Å². The third-order valence-corrected chi connectivity index (χ3v) is 2.92. The quantitative estimate of drug-likeness (QED) is 0.592. The van der Waals surface area contributed by atoms with Gasteiger partial charge in [0.25, 0.3) is 0 Å². The summed E-state index contributed by atoms with van der Waals surface area (Å²) in [4.78, 5) is 25.9. The highest BCUT2D eigenvalue weighted by Gasteiger charge is 2.08. The molecule has 1 heterocycles. The van der Waals surface area contributed by atoms with E-state index in [0.717, 1.165) is 16.8 Å². The Hall–Kier alpha value is -2.69. The standard InChI is InChI=1S/C15H15N3O2/c1-17(11-19)18(12-20)10-13-7-8-15(16-9-13)14-5-3-2-4-6-14/h2-9,11-12H,10H2,1H3. The van der Waals surface area contributed by atoms with E-state index in [1.54, 1.807) is 6.20 Å². The van der Waals surface area contributed by atoms with E-state index in [9.17, 15) is 9.59 Å². The van der Waals surface area contributed by atoms with Gasteiger partial charge in [-0.25, -0.2) is 0 Å². The van der Waals surface area contributed by atoms with Crippen molar-refractivity contribution in [2.24, 2.45) is 0 Å². The normalized spacial score (nSPS) is 9.85. The van der Waals surface area contributed by atoms with Crippen LogP contribution >= 0.6 is 0 Å². The van der Waals surface area contributed by atoms with Crippen LogP contribution in [0.2, 0.25) is 0 Å². The summed E-state index contributed by atoms with van der Waals surface area (Å²) in [5, 5.41) is 2.46. The maximum absolute atomic E-state index is 10.9. The van der Waals surface area contributed by atoms with Gasteiger partial charge < -0.3 is 0 Å². The molecule has 0 aliphatic heterocycles. The van der Waals surface area contributed by atoms with Crippen molar-refractivity contribution in [3.05, 3.63) is 54.2 Å². The maximum atomic E-state index is 10.9. The Bertz CT molecular complexity index is 569. The lowest BCUT2D eigenvalue weighted by Crippen LogP contribution is -2.37. The lowest BCUT2D eigenvalue weighted by molar-refractivity contribution is -0.144. The van der Waals surface area contributed by atoms with Crippen molar-refractivity contribution in [2.45, 2.75) is 6.54 Å². The predicted octanol–water partition coefficient (Wildman–Crippen LogP) is 1.71. The largest absolute Gasteiger partial charge is 0.277 e. The van der Waals surface area contributed by atoms with Crippen LogP contribution in [0.15, 0.2) is 48.7 Å². The molecule has 0 unspecified atom stereocenters. The smallest absolute Gasteiger partial charge is 0.228 e. The third kappa shape index (κ3) is 3.20. The summed E-state index contributed by atoms with van der Waals surface area (Å²) in [6.45, 7) is 0.306. The van der Waals surface area contributed by atoms with Gasteiger partial charge in [-0.1, -0.05) is 36.4 Å². The lowest BCUT2D eigenvalue weighted by Gasteiger charge is -2.24. The summed E-state index contributed by atoms with van der Waals surface area (Å²) in [5.41, 5.74) is 2.76. The SMILES string of the molecule is CN(C=O)N(C=O)Cc1ccc(-c2ccccc2)nc1. The van der Waals surface area contributed by atoms with Crippen molar-refractivity contribution in [2.75, 3.05) is 7.05 Å². The van der Waals surface area contributed by atoms with Crippen molar-refractivity contribution in [1.82, 2.24) is 15.0 Å².